The highest BCUT2D eigenvalue weighted by Crippen LogP contribution is 2.36. The van der Waals surface area contributed by atoms with Crippen LogP contribution in [-0.4, -0.2) is 77.3 Å². The van der Waals surface area contributed by atoms with Crippen LogP contribution in [0.25, 0.3) is 22.3 Å². The number of nitrogens with one attached hydrogen (secondary N) is 2. The summed E-state index contributed by atoms with van der Waals surface area (Å²) >= 11 is 0. The standard InChI is InChI=1S/C25H27F2N5O4/c1-13-21(25(34)31-18-9-32(8-17(18)27)20(33)11-35-2)23-24(30-13)22(28-12-29-23)16-7-15(26)5-6-19(16)36-10-14-3-4-14/h5-7,12,14,17-18,30H,3-4,8-11H2,1-2H3,(H,31,34)/t17-,18-/m0/s1. The Balaban J connectivity index is 1.43. The zero-order valence-corrected chi connectivity index (χ0v) is 20.0. The number of ether oxygens (including phenoxy) is 2. The van der Waals surface area contributed by atoms with Gasteiger partial charge in [0.25, 0.3) is 5.91 Å². The molecule has 3 heterocycles. The lowest BCUT2D eigenvalue weighted by atomic mass is 10.1. The molecule has 0 spiro atoms. The first-order valence-corrected chi connectivity index (χ1v) is 11.8. The zero-order chi connectivity index (χ0) is 25.4. The molecule has 2 aliphatic rings. The van der Waals surface area contributed by atoms with Crippen LogP contribution in [0.2, 0.25) is 0 Å². The highest BCUT2D eigenvalue weighted by atomic mass is 19.1. The molecule has 9 nitrogen and oxygen atoms in total. The lowest BCUT2D eigenvalue weighted by Gasteiger charge is -2.16. The second-order valence-electron chi connectivity index (χ2n) is 9.29. The first kappa shape index (κ1) is 24.1. The maximum Gasteiger partial charge on any atom is 0.255 e. The second-order valence-corrected chi connectivity index (χ2v) is 9.29. The normalized spacial score (nSPS) is 19.6. The van der Waals surface area contributed by atoms with E-state index in [1.54, 1.807) is 13.0 Å². The summed E-state index contributed by atoms with van der Waals surface area (Å²) in [6.45, 7) is 2.02. The van der Waals surface area contributed by atoms with E-state index in [-0.39, 0.29) is 31.2 Å². The summed E-state index contributed by atoms with van der Waals surface area (Å²) in [5.41, 5.74) is 2.35. The van der Waals surface area contributed by atoms with Gasteiger partial charge in [0.2, 0.25) is 5.91 Å². The number of methoxy groups -OCH3 is 1. The van der Waals surface area contributed by atoms with Gasteiger partial charge in [0.15, 0.2) is 0 Å². The van der Waals surface area contributed by atoms with E-state index in [2.05, 4.69) is 20.3 Å². The maximum absolute atomic E-state index is 14.6. The van der Waals surface area contributed by atoms with Crippen molar-refractivity contribution in [2.24, 2.45) is 5.92 Å². The summed E-state index contributed by atoms with van der Waals surface area (Å²) in [4.78, 5) is 38.4. The Kier molecular flexibility index (Phi) is 6.57. The molecule has 36 heavy (non-hydrogen) atoms. The van der Waals surface area contributed by atoms with Crippen LogP contribution in [-0.2, 0) is 9.53 Å². The van der Waals surface area contributed by atoms with E-state index in [4.69, 9.17) is 9.47 Å². The fraction of sp³-hybridized carbons (Fsp3) is 0.440. The van der Waals surface area contributed by atoms with Gasteiger partial charge in [0, 0.05) is 24.9 Å². The lowest BCUT2D eigenvalue weighted by molar-refractivity contribution is -0.134. The number of rotatable bonds is 8. The van der Waals surface area contributed by atoms with Crippen molar-refractivity contribution in [3.63, 3.8) is 0 Å². The van der Waals surface area contributed by atoms with Gasteiger partial charge < -0.3 is 24.7 Å². The van der Waals surface area contributed by atoms with Crippen LogP contribution in [0.1, 0.15) is 28.9 Å². The van der Waals surface area contributed by atoms with E-state index in [0.29, 0.717) is 46.3 Å². The molecule has 0 bridgehead atoms. The predicted octanol–water partition coefficient (Wildman–Crippen LogP) is 2.79. The molecule has 2 atom stereocenters. The summed E-state index contributed by atoms with van der Waals surface area (Å²) in [5, 5.41) is 2.70. The topological polar surface area (TPSA) is 109 Å². The smallest absolute Gasteiger partial charge is 0.255 e. The average Bonchev–Trinajstić information content (AvgIpc) is 3.51. The summed E-state index contributed by atoms with van der Waals surface area (Å²) in [5.74, 6) is -0.311. The predicted molar refractivity (Wildman–Crippen MR) is 127 cm³/mol. The molecular weight excluding hydrogens is 472 g/mol. The number of benzene rings is 1. The van der Waals surface area contributed by atoms with Crippen LogP contribution in [0, 0.1) is 18.7 Å². The molecule has 1 saturated heterocycles. The molecule has 3 aromatic rings. The molecule has 190 valence electrons. The molecule has 2 amide bonds. The number of aromatic amines is 1. The molecule has 5 rings (SSSR count). The van der Waals surface area contributed by atoms with Crippen LogP contribution in [0.15, 0.2) is 24.5 Å². The number of aryl methyl sites for hydroxylation is 1. The van der Waals surface area contributed by atoms with Crippen LogP contribution in [0.4, 0.5) is 8.78 Å². The number of halogens is 2. The number of nitrogens with zero attached hydrogens (tertiary/aromatic N) is 3. The minimum Gasteiger partial charge on any atom is -0.493 e. The van der Waals surface area contributed by atoms with E-state index in [9.17, 15) is 18.4 Å². The number of carbonyl (C=O) groups is 2. The first-order chi connectivity index (χ1) is 17.4. The van der Waals surface area contributed by atoms with Crippen molar-refractivity contribution < 1.29 is 27.8 Å². The average molecular weight is 500 g/mol. The van der Waals surface area contributed by atoms with Crippen molar-refractivity contribution >= 4 is 22.8 Å². The minimum absolute atomic E-state index is 0.0434. The van der Waals surface area contributed by atoms with Crippen molar-refractivity contribution in [1.82, 2.24) is 25.2 Å². The molecule has 0 unspecified atom stereocenters. The van der Waals surface area contributed by atoms with Crippen LogP contribution in [0.5, 0.6) is 5.75 Å². The van der Waals surface area contributed by atoms with Gasteiger partial charge in [0.05, 0.1) is 30.3 Å². The van der Waals surface area contributed by atoms with Gasteiger partial charge in [-0.3, -0.25) is 9.59 Å². The van der Waals surface area contributed by atoms with Gasteiger partial charge in [-0.05, 0) is 43.9 Å². The molecule has 1 saturated carbocycles. The van der Waals surface area contributed by atoms with Crippen LogP contribution in [0.3, 0.4) is 0 Å². The number of aromatic nitrogens is 3. The zero-order valence-electron chi connectivity index (χ0n) is 20.0. The number of fused-ring (bicyclic) bond motifs is 1. The van der Waals surface area contributed by atoms with Gasteiger partial charge in [-0.1, -0.05) is 0 Å². The molecule has 1 aromatic carbocycles. The van der Waals surface area contributed by atoms with Crippen molar-refractivity contribution in [1.29, 1.82) is 0 Å². The molecule has 0 radical (unpaired) electrons. The van der Waals surface area contributed by atoms with Gasteiger partial charge in [-0.25, -0.2) is 18.7 Å². The van der Waals surface area contributed by atoms with Crippen LogP contribution >= 0.6 is 0 Å². The van der Waals surface area contributed by atoms with Gasteiger partial charge in [0.1, 0.15) is 41.9 Å². The van der Waals surface area contributed by atoms with E-state index < -0.39 is 23.9 Å². The number of hydrogen-bond donors (Lipinski definition) is 2. The third-order valence-electron chi connectivity index (χ3n) is 6.55. The van der Waals surface area contributed by atoms with Crippen molar-refractivity contribution in [3.8, 4) is 17.0 Å². The summed E-state index contributed by atoms with van der Waals surface area (Å²) in [6, 6.07) is 3.38. The Hall–Kier alpha value is -3.60. The van der Waals surface area contributed by atoms with Crippen LogP contribution < -0.4 is 10.1 Å². The number of carbonyl (C=O) groups excluding carboxylic acids is 2. The van der Waals surface area contributed by atoms with E-state index in [0.717, 1.165) is 12.8 Å². The quantitative estimate of drug-likeness (QED) is 0.493. The Labute approximate surface area is 206 Å². The number of H-pyrrole nitrogens is 1. The fourth-order valence-electron chi connectivity index (χ4n) is 4.47. The van der Waals surface area contributed by atoms with Gasteiger partial charge >= 0.3 is 0 Å². The molecule has 2 fully saturated rings. The molecule has 2 N–H and O–H groups in total. The fourth-order valence-corrected chi connectivity index (χ4v) is 4.47. The van der Waals surface area contributed by atoms with Gasteiger partial charge in [-0.15, -0.1) is 0 Å². The lowest BCUT2D eigenvalue weighted by Crippen LogP contribution is -2.42. The molecule has 2 aromatic heterocycles. The summed E-state index contributed by atoms with van der Waals surface area (Å²) in [6.07, 6.45) is 2.11. The monoisotopic (exact) mass is 499 g/mol. The number of likely N-dealkylation sites (tertiary alicyclic amines) is 1. The van der Waals surface area contributed by atoms with E-state index in [1.165, 1.54) is 30.5 Å². The minimum atomic E-state index is -1.41. The van der Waals surface area contributed by atoms with E-state index in [1.807, 2.05) is 0 Å². The largest absolute Gasteiger partial charge is 0.493 e. The van der Waals surface area contributed by atoms with Crippen molar-refractivity contribution in [3.05, 3.63) is 41.6 Å². The summed E-state index contributed by atoms with van der Waals surface area (Å²) in [7, 11) is 1.39. The number of amides is 2. The molecular formula is C25H27F2N5O4. The maximum atomic E-state index is 14.6. The van der Waals surface area contributed by atoms with Gasteiger partial charge in [-0.2, -0.15) is 0 Å². The summed E-state index contributed by atoms with van der Waals surface area (Å²) < 4.78 is 39.6. The Morgan fingerprint density at radius 1 is 1.25 bits per heavy atom. The first-order valence-electron chi connectivity index (χ1n) is 11.8. The number of hydrogen-bond acceptors (Lipinski definition) is 6. The highest BCUT2D eigenvalue weighted by molar-refractivity contribution is 6.09. The SMILES string of the molecule is COCC(=O)N1C[C@H](NC(=O)c2c(C)[nH]c3c(-c4cc(F)ccc4OCC4CC4)ncnc23)[C@@H](F)C1. The van der Waals surface area contributed by atoms with Crippen molar-refractivity contribution in [2.45, 2.75) is 32.0 Å². The second kappa shape index (κ2) is 9.81. The Morgan fingerprint density at radius 2 is 2.06 bits per heavy atom. The third-order valence-corrected chi connectivity index (χ3v) is 6.55. The van der Waals surface area contributed by atoms with E-state index >= 15 is 0 Å². The number of alkyl halides is 1. The molecule has 1 aliphatic carbocycles. The Bertz CT molecular complexity index is 1310. The Morgan fingerprint density at radius 3 is 2.81 bits per heavy atom. The molecule has 11 heteroatoms. The van der Waals surface area contributed by atoms with Crippen molar-refractivity contribution in [2.75, 3.05) is 33.4 Å². The highest BCUT2D eigenvalue weighted by Gasteiger charge is 2.37. The molecule has 1 aliphatic heterocycles. The third kappa shape index (κ3) is 4.75.